The van der Waals surface area contributed by atoms with Crippen LogP contribution >= 0.6 is 0 Å². The van der Waals surface area contributed by atoms with Gasteiger partial charge in [0.1, 0.15) is 5.75 Å². The summed E-state index contributed by atoms with van der Waals surface area (Å²) < 4.78 is 7.59. The van der Waals surface area contributed by atoms with Gasteiger partial charge >= 0.3 is 0 Å². The van der Waals surface area contributed by atoms with E-state index in [1.54, 1.807) is 7.11 Å². The average molecular weight is 247 g/mol. The minimum Gasteiger partial charge on any atom is -0.495 e. The van der Waals surface area contributed by atoms with Crippen LogP contribution in [0.1, 0.15) is 39.4 Å². The molecule has 0 unspecified atom stereocenters. The first-order valence-electron chi connectivity index (χ1n) is 6.27. The van der Waals surface area contributed by atoms with Crippen molar-refractivity contribution in [3.8, 4) is 5.75 Å². The lowest BCUT2D eigenvalue weighted by Gasteiger charge is -2.23. The van der Waals surface area contributed by atoms with Crippen LogP contribution in [0.4, 0.5) is 0 Å². The summed E-state index contributed by atoms with van der Waals surface area (Å²) >= 11 is 0. The highest BCUT2D eigenvalue weighted by atomic mass is 16.5. The second-order valence-corrected chi connectivity index (χ2v) is 5.45. The summed E-state index contributed by atoms with van der Waals surface area (Å²) in [6, 6.07) is 8.28. The Morgan fingerprint density at radius 1 is 1.28 bits per heavy atom. The maximum absolute atomic E-state index is 10.3. The van der Waals surface area contributed by atoms with Crippen molar-refractivity contribution >= 4 is 10.9 Å². The van der Waals surface area contributed by atoms with E-state index >= 15 is 0 Å². The van der Waals surface area contributed by atoms with Crippen LogP contribution in [0.5, 0.6) is 5.75 Å². The number of hydrogen-bond donors (Lipinski definition) is 1. The van der Waals surface area contributed by atoms with Crippen LogP contribution in [0.2, 0.25) is 0 Å². The van der Waals surface area contributed by atoms with E-state index in [2.05, 4.69) is 18.4 Å². The van der Waals surface area contributed by atoms with E-state index in [4.69, 9.17) is 4.74 Å². The molecule has 1 aromatic carbocycles. The SMILES string of the molecule is COc1cccc2cc(C(C)(C)O)n(C(C)C)c12. The minimum atomic E-state index is -0.867. The van der Waals surface area contributed by atoms with Crippen LogP contribution in [0.3, 0.4) is 0 Å². The third kappa shape index (κ3) is 1.99. The molecule has 98 valence electrons. The van der Waals surface area contributed by atoms with Crippen LogP contribution < -0.4 is 4.74 Å². The maximum atomic E-state index is 10.3. The van der Waals surface area contributed by atoms with Gasteiger partial charge in [-0.1, -0.05) is 12.1 Å². The summed E-state index contributed by atoms with van der Waals surface area (Å²) in [5, 5.41) is 11.4. The topological polar surface area (TPSA) is 34.4 Å². The average Bonchev–Trinajstić information content (AvgIpc) is 2.67. The molecule has 0 atom stereocenters. The van der Waals surface area contributed by atoms with Gasteiger partial charge < -0.3 is 14.4 Å². The van der Waals surface area contributed by atoms with Crippen LogP contribution in [-0.4, -0.2) is 16.8 Å². The largest absolute Gasteiger partial charge is 0.495 e. The molecule has 2 rings (SSSR count). The number of fused-ring (bicyclic) bond motifs is 1. The summed E-state index contributed by atoms with van der Waals surface area (Å²) in [7, 11) is 1.68. The summed E-state index contributed by atoms with van der Waals surface area (Å²) in [6.45, 7) is 7.85. The fraction of sp³-hybridized carbons (Fsp3) is 0.467. The molecule has 0 saturated heterocycles. The van der Waals surface area contributed by atoms with Gasteiger partial charge in [0.05, 0.1) is 23.9 Å². The number of aromatic nitrogens is 1. The van der Waals surface area contributed by atoms with Crippen molar-refractivity contribution in [2.45, 2.75) is 39.3 Å². The molecule has 1 aromatic heterocycles. The lowest BCUT2D eigenvalue weighted by molar-refractivity contribution is 0.0691. The molecule has 0 aliphatic heterocycles. The summed E-state index contributed by atoms with van der Waals surface area (Å²) in [6.07, 6.45) is 0. The van der Waals surface area contributed by atoms with E-state index in [9.17, 15) is 5.11 Å². The van der Waals surface area contributed by atoms with Crippen molar-refractivity contribution in [1.82, 2.24) is 4.57 Å². The van der Waals surface area contributed by atoms with E-state index in [-0.39, 0.29) is 6.04 Å². The Hall–Kier alpha value is -1.48. The van der Waals surface area contributed by atoms with E-state index in [0.717, 1.165) is 22.3 Å². The standard InChI is InChI=1S/C15H21NO2/c1-10(2)16-13(15(3,4)17)9-11-7-6-8-12(18-5)14(11)16/h6-10,17H,1-5H3. The quantitative estimate of drug-likeness (QED) is 0.901. The van der Waals surface area contributed by atoms with Gasteiger partial charge in [0.15, 0.2) is 0 Å². The zero-order valence-corrected chi connectivity index (χ0v) is 11.7. The predicted octanol–water partition coefficient (Wildman–Crippen LogP) is 3.46. The monoisotopic (exact) mass is 247 g/mol. The lowest BCUT2D eigenvalue weighted by Crippen LogP contribution is -2.21. The molecule has 0 bridgehead atoms. The molecule has 3 heteroatoms. The highest BCUT2D eigenvalue weighted by Gasteiger charge is 2.25. The Balaban J connectivity index is 2.86. The van der Waals surface area contributed by atoms with E-state index < -0.39 is 5.60 Å². The smallest absolute Gasteiger partial charge is 0.143 e. The Bertz CT molecular complexity index is 562. The molecule has 18 heavy (non-hydrogen) atoms. The third-order valence-electron chi connectivity index (χ3n) is 3.19. The zero-order valence-electron chi connectivity index (χ0n) is 11.7. The first kappa shape index (κ1) is 13.0. The van der Waals surface area contributed by atoms with Gasteiger partial charge in [-0.2, -0.15) is 0 Å². The Morgan fingerprint density at radius 3 is 2.44 bits per heavy atom. The minimum absolute atomic E-state index is 0.264. The molecule has 0 fully saturated rings. The van der Waals surface area contributed by atoms with E-state index in [1.807, 2.05) is 38.1 Å². The van der Waals surface area contributed by atoms with Crippen LogP contribution in [-0.2, 0) is 5.60 Å². The number of para-hydroxylation sites is 1. The van der Waals surface area contributed by atoms with Gasteiger partial charge in [-0.05, 0) is 39.8 Å². The number of benzene rings is 1. The Morgan fingerprint density at radius 2 is 1.94 bits per heavy atom. The number of nitrogens with zero attached hydrogens (tertiary/aromatic N) is 1. The third-order valence-corrected chi connectivity index (χ3v) is 3.19. The van der Waals surface area contributed by atoms with Gasteiger partial charge in [-0.15, -0.1) is 0 Å². The number of rotatable bonds is 3. The molecule has 0 saturated carbocycles. The van der Waals surface area contributed by atoms with Crippen molar-refractivity contribution in [3.05, 3.63) is 30.0 Å². The van der Waals surface area contributed by atoms with Gasteiger partial charge in [0.25, 0.3) is 0 Å². The highest BCUT2D eigenvalue weighted by Crippen LogP contribution is 2.35. The Labute approximate surface area is 108 Å². The first-order chi connectivity index (χ1) is 8.36. The number of aliphatic hydroxyl groups is 1. The molecule has 2 aromatic rings. The highest BCUT2D eigenvalue weighted by molar-refractivity contribution is 5.87. The van der Waals surface area contributed by atoms with Gasteiger partial charge in [0, 0.05) is 11.4 Å². The predicted molar refractivity (Wildman–Crippen MR) is 74.1 cm³/mol. The summed E-state index contributed by atoms with van der Waals surface area (Å²) in [5.74, 6) is 0.844. The normalized spacial score (nSPS) is 12.4. The molecular weight excluding hydrogens is 226 g/mol. The number of methoxy groups -OCH3 is 1. The second kappa shape index (κ2) is 4.32. The fourth-order valence-electron chi connectivity index (χ4n) is 2.42. The van der Waals surface area contributed by atoms with E-state index in [1.165, 1.54) is 0 Å². The van der Waals surface area contributed by atoms with Crippen molar-refractivity contribution in [2.75, 3.05) is 7.11 Å². The second-order valence-electron chi connectivity index (χ2n) is 5.45. The van der Waals surface area contributed by atoms with Gasteiger partial charge in [0.2, 0.25) is 0 Å². The molecular formula is C15H21NO2. The van der Waals surface area contributed by atoms with Gasteiger partial charge in [-0.3, -0.25) is 0 Å². The molecule has 3 nitrogen and oxygen atoms in total. The number of ether oxygens (including phenoxy) is 1. The van der Waals surface area contributed by atoms with Crippen molar-refractivity contribution in [1.29, 1.82) is 0 Å². The molecule has 0 radical (unpaired) electrons. The van der Waals surface area contributed by atoms with Crippen molar-refractivity contribution < 1.29 is 9.84 Å². The van der Waals surface area contributed by atoms with Crippen LogP contribution in [0.25, 0.3) is 10.9 Å². The number of hydrogen-bond acceptors (Lipinski definition) is 2. The Kier molecular flexibility index (Phi) is 3.11. The van der Waals surface area contributed by atoms with Gasteiger partial charge in [-0.25, -0.2) is 0 Å². The summed E-state index contributed by atoms with van der Waals surface area (Å²) in [5.41, 5.74) is 1.10. The molecule has 0 aliphatic carbocycles. The molecule has 0 spiro atoms. The van der Waals surface area contributed by atoms with Crippen LogP contribution in [0.15, 0.2) is 24.3 Å². The zero-order chi connectivity index (χ0) is 13.5. The molecule has 0 aliphatic rings. The van der Waals surface area contributed by atoms with E-state index in [0.29, 0.717) is 0 Å². The molecule has 1 heterocycles. The summed E-state index contributed by atoms with van der Waals surface area (Å²) in [4.78, 5) is 0. The van der Waals surface area contributed by atoms with Crippen LogP contribution in [0, 0.1) is 0 Å². The van der Waals surface area contributed by atoms with Crippen molar-refractivity contribution in [3.63, 3.8) is 0 Å². The van der Waals surface area contributed by atoms with Crippen molar-refractivity contribution in [2.24, 2.45) is 0 Å². The fourth-order valence-corrected chi connectivity index (χ4v) is 2.42. The first-order valence-corrected chi connectivity index (χ1v) is 6.27. The lowest BCUT2D eigenvalue weighted by atomic mass is 10.1. The molecule has 0 amide bonds. The molecule has 1 N–H and O–H groups in total. The maximum Gasteiger partial charge on any atom is 0.143 e.